The second-order valence-corrected chi connectivity index (χ2v) is 6.34. The second-order valence-electron chi connectivity index (χ2n) is 5.69. The van der Waals surface area contributed by atoms with Gasteiger partial charge in [0.25, 0.3) is 0 Å². The Morgan fingerprint density at radius 3 is 2.74 bits per heavy atom. The van der Waals surface area contributed by atoms with Crippen molar-refractivity contribution >= 4 is 22.6 Å². The van der Waals surface area contributed by atoms with E-state index in [9.17, 15) is 0 Å². The lowest BCUT2D eigenvalue weighted by Gasteiger charge is -2.23. The molecule has 0 saturated heterocycles. The molecule has 0 N–H and O–H groups in total. The maximum Gasteiger partial charge on any atom is 0.127 e. The lowest BCUT2D eigenvalue weighted by atomic mass is 9.89. The molecule has 0 amide bonds. The molecule has 1 aliphatic carbocycles. The predicted octanol–water partition coefficient (Wildman–Crippen LogP) is 4.92. The molecule has 2 aromatic rings. The number of aromatic nitrogens is 2. The lowest BCUT2D eigenvalue weighted by Crippen LogP contribution is -2.16. The van der Waals surface area contributed by atoms with Gasteiger partial charge in [0.2, 0.25) is 0 Å². The number of hydrogen-bond acceptors (Lipinski definition) is 1. The molecule has 102 valence electrons. The van der Waals surface area contributed by atoms with E-state index in [1.165, 1.54) is 37.6 Å². The Morgan fingerprint density at radius 2 is 2.00 bits per heavy atom. The van der Waals surface area contributed by atoms with Gasteiger partial charge in [-0.1, -0.05) is 31.4 Å². The fourth-order valence-corrected chi connectivity index (χ4v) is 3.38. The van der Waals surface area contributed by atoms with Crippen LogP contribution in [0.1, 0.15) is 50.2 Å². The van der Waals surface area contributed by atoms with Gasteiger partial charge >= 0.3 is 0 Å². The molecule has 0 spiro atoms. The molecule has 1 fully saturated rings. The third-order valence-corrected chi connectivity index (χ3v) is 4.40. The normalized spacial score (nSPS) is 18.8. The number of rotatable bonds is 3. The van der Waals surface area contributed by atoms with Gasteiger partial charge < -0.3 is 4.57 Å². The molecule has 1 heterocycles. The van der Waals surface area contributed by atoms with Crippen LogP contribution in [0.25, 0.3) is 11.0 Å². The van der Waals surface area contributed by atoms with Crippen LogP contribution in [0, 0.1) is 5.92 Å². The van der Waals surface area contributed by atoms with E-state index in [-0.39, 0.29) is 5.38 Å². The van der Waals surface area contributed by atoms with Gasteiger partial charge in [0.1, 0.15) is 5.82 Å². The highest BCUT2D eigenvalue weighted by molar-refractivity contribution is 6.20. The van der Waals surface area contributed by atoms with E-state index in [2.05, 4.69) is 22.8 Å². The molecule has 0 aliphatic heterocycles. The predicted molar refractivity (Wildman–Crippen MR) is 80.6 cm³/mol. The van der Waals surface area contributed by atoms with Gasteiger partial charge in [-0.05, 0) is 37.8 Å². The Kier molecular flexibility index (Phi) is 3.79. The molecule has 3 rings (SSSR count). The van der Waals surface area contributed by atoms with Crippen molar-refractivity contribution in [3.05, 3.63) is 30.1 Å². The van der Waals surface area contributed by atoms with Gasteiger partial charge in [-0.15, -0.1) is 11.6 Å². The minimum atomic E-state index is -0.0315. The summed E-state index contributed by atoms with van der Waals surface area (Å²) in [5.41, 5.74) is 2.30. The molecule has 1 atom stereocenters. The number of hydrogen-bond donors (Lipinski definition) is 0. The minimum Gasteiger partial charge on any atom is -0.326 e. The number of fused-ring (bicyclic) bond motifs is 1. The summed E-state index contributed by atoms with van der Waals surface area (Å²) in [5.74, 6) is 1.81. The number of alkyl halides is 1. The van der Waals surface area contributed by atoms with Gasteiger partial charge in [0.15, 0.2) is 0 Å². The quantitative estimate of drug-likeness (QED) is 0.728. The maximum atomic E-state index is 6.31. The van der Waals surface area contributed by atoms with Crippen LogP contribution in [0.5, 0.6) is 0 Å². The summed E-state index contributed by atoms with van der Waals surface area (Å²) in [7, 11) is 0. The molecule has 0 bridgehead atoms. The fourth-order valence-electron chi connectivity index (χ4n) is 3.22. The number of para-hydroxylation sites is 2. The fraction of sp³-hybridized carbons (Fsp3) is 0.562. The van der Waals surface area contributed by atoms with E-state index in [4.69, 9.17) is 16.6 Å². The maximum absolute atomic E-state index is 6.31. The van der Waals surface area contributed by atoms with Crippen molar-refractivity contribution in [3.63, 3.8) is 0 Å². The van der Waals surface area contributed by atoms with E-state index in [1.54, 1.807) is 0 Å². The zero-order chi connectivity index (χ0) is 13.2. The Morgan fingerprint density at radius 1 is 1.26 bits per heavy atom. The molecule has 2 nitrogen and oxygen atoms in total. The number of benzene rings is 1. The first-order valence-electron chi connectivity index (χ1n) is 7.35. The van der Waals surface area contributed by atoms with Crippen molar-refractivity contribution in [2.24, 2.45) is 5.92 Å². The van der Waals surface area contributed by atoms with Crippen LogP contribution >= 0.6 is 11.6 Å². The summed E-state index contributed by atoms with van der Waals surface area (Å²) in [6, 6.07) is 8.37. The van der Waals surface area contributed by atoms with Crippen LogP contribution < -0.4 is 0 Å². The summed E-state index contributed by atoms with van der Waals surface area (Å²) >= 11 is 6.31. The molecule has 1 aromatic carbocycles. The average molecular weight is 277 g/mol. The van der Waals surface area contributed by atoms with Gasteiger partial charge in [-0.2, -0.15) is 0 Å². The van der Waals surface area contributed by atoms with E-state index in [0.29, 0.717) is 0 Å². The smallest absolute Gasteiger partial charge is 0.127 e. The topological polar surface area (TPSA) is 17.8 Å². The van der Waals surface area contributed by atoms with Gasteiger partial charge in [-0.3, -0.25) is 0 Å². The van der Waals surface area contributed by atoms with Crippen LogP contribution in [-0.2, 0) is 6.54 Å². The van der Waals surface area contributed by atoms with Crippen LogP contribution in [0.2, 0.25) is 0 Å². The highest BCUT2D eigenvalue weighted by Crippen LogP contribution is 2.30. The molecule has 3 heteroatoms. The zero-order valence-corrected chi connectivity index (χ0v) is 12.2. The summed E-state index contributed by atoms with van der Waals surface area (Å²) in [4.78, 5) is 4.71. The molecular weight excluding hydrogens is 256 g/mol. The summed E-state index contributed by atoms with van der Waals surface area (Å²) in [6.45, 7) is 3.09. The van der Waals surface area contributed by atoms with Crippen LogP contribution in [0.15, 0.2) is 24.3 Å². The van der Waals surface area contributed by atoms with Crippen LogP contribution in [-0.4, -0.2) is 9.55 Å². The zero-order valence-electron chi connectivity index (χ0n) is 11.5. The average Bonchev–Trinajstić information content (AvgIpc) is 2.79. The highest BCUT2D eigenvalue weighted by Gasteiger charge is 2.19. The first-order chi connectivity index (χ1) is 9.25. The van der Waals surface area contributed by atoms with Gasteiger partial charge in [0.05, 0.1) is 16.4 Å². The van der Waals surface area contributed by atoms with Crippen molar-refractivity contribution < 1.29 is 0 Å². The third kappa shape index (κ3) is 2.64. The first-order valence-corrected chi connectivity index (χ1v) is 7.78. The standard InChI is InChI=1S/C16H21ClN2/c1-12(17)16-18-14-9-5-6-10-15(14)19(16)11-13-7-3-2-4-8-13/h5-6,9-10,12-13H,2-4,7-8,11H2,1H3. The van der Waals surface area contributed by atoms with Crippen molar-refractivity contribution in [1.29, 1.82) is 0 Å². The monoisotopic (exact) mass is 276 g/mol. The summed E-state index contributed by atoms with van der Waals surface area (Å²) in [6.07, 6.45) is 6.86. The lowest BCUT2D eigenvalue weighted by molar-refractivity contribution is 0.319. The van der Waals surface area contributed by atoms with E-state index >= 15 is 0 Å². The van der Waals surface area contributed by atoms with Crippen molar-refractivity contribution in [1.82, 2.24) is 9.55 Å². The van der Waals surface area contributed by atoms with Crippen LogP contribution in [0.4, 0.5) is 0 Å². The largest absolute Gasteiger partial charge is 0.326 e. The van der Waals surface area contributed by atoms with E-state index < -0.39 is 0 Å². The van der Waals surface area contributed by atoms with Gasteiger partial charge in [-0.25, -0.2) is 4.98 Å². The van der Waals surface area contributed by atoms with Crippen molar-refractivity contribution in [2.45, 2.75) is 50.9 Å². The Labute approximate surface area is 119 Å². The minimum absolute atomic E-state index is 0.0315. The highest BCUT2D eigenvalue weighted by atomic mass is 35.5. The Hall–Kier alpha value is -1.02. The number of nitrogens with zero attached hydrogens (tertiary/aromatic N) is 2. The number of halogens is 1. The molecule has 1 saturated carbocycles. The Bertz CT molecular complexity index is 553. The molecule has 1 aliphatic rings. The molecule has 1 aromatic heterocycles. The Balaban J connectivity index is 1.97. The molecule has 1 unspecified atom stereocenters. The molecule has 19 heavy (non-hydrogen) atoms. The van der Waals surface area contributed by atoms with E-state index in [1.807, 2.05) is 13.0 Å². The second kappa shape index (κ2) is 5.54. The number of imidazole rings is 1. The van der Waals surface area contributed by atoms with Crippen molar-refractivity contribution in [3.8, 4) is 0 Å². The van der Waals surface area contributed by atoms with Crippen LogP contribution in [0.3, 0.4) is 0 Å². The van der Waals surface area contributed by atoms with E-state index in [0.717, 1.165) is 23.8 Å². The molecular formula is C16H21ClN2. The third-order valence-electron chi connectivity index (χ3n) is 4.21. The SMILES string of the molecule is CC(Cl)c1nc2ccccc2n1CC1CCCCC1. The first kappa shape index (κ1) is 13.0. The van der Waals surface area contributed by atoms with Gasteiger partial charge in [0, 0.05) is 6.54 Å². The van der Waals surface area contributed by atoms with Crippen molar-refractivity contribution in [2.75, 3.05) is 0 Å². The summed E-state index contributed by atoms with van der Waals surface area (Å²) in [5, 5.41) is -0.0315. The molecule has 0 radical (unpaired) electrons. The summed E-state index contributed by atoms with van der Waals surface area (Å²) < 4.78 is 2.35.